The van der Waals surface area contributed by atoms with E-state index in [9.17, 15) is 9.59 Å². The SMILES string of the molecule is CCOC(=O)[C@H](CC(=O)O)c1ccccc1. The van der Waals surface area contributed by atoms with Gasteiger partial charge >= 0.3 is 11.9 Å². The Hall–Kier alpha value is -1.84. The van der Waals surface area contributed by atoms with Crippen LogP contribution in [-0.2, 0) is 14.3 Å². The van der Waals surface area contributed by atoms with Crippen molar-refractivity contribution in [3.8, 4) is 0 Å². The summed E-state index contributed by atoms with van der Waals surface area (Å²) in [5.41, 5.74) is 0.670. The molecule has 0 aliphatic heterocycles. The Morgan fingerprint density at radius 1 is 1.31 bits per heavy atom. The number of carbonyl (C=O) groups excluding carboxylic acids is 1. The second-order valence-electron chi connectivity index (χ2n) is 3.31. The van der Waals surface area contributed by atoms with Gasteiger partial charge in [0.15, 0.2) is 0 Å². The summed E-state index contributed by atoms with van der Waals surface area (Å²) in [6.45, 7) is 1.95. The van der Waals surface area contributed by atoms with Gasteiger partial charge in [0.05, 0.1) is 18.9 Å². The second-order valence-corrected chi connectivity index (χ2v) is 3.31. The first-order valence-electron chi connectivity index (χ1n) is 5.08. The number of rotatable bonds is 5. The number of hydrogen-bond donors (Lipinski definition) is 1. The van der Waals surface area contributed by atoms with Gasteiger partial charge in [0.1, 0.15) is 0 Å². The molecule has 0 radical (unpaired) electrons. The quantitative estimate of drug-likeness (QED) is 0.772. The molecule has 16 heavy (non-hydrogen) atoms. The predicted molar refractivity (Wildman–Crippen MR) is 58.1 cm³/mol. The van der Waals surface area contributed by atoms with Crippen LogP contribution in [0.1, 0.15) is 24.8 Å². The third-order valence-electron chi connectivity index (χ3n) is 2.15. The standard InChI is InChI=1S/C12H14O4/c1-2-16-12(15)10(8-11(13)14)9-6-4-3-5-7-9/h3-7,10H,2,8H2,1H3,(H,13,14)/t10-/m1/s1. The van der Waals surface area contributed by atoms with Crippen molar-refractivity contribution in [3.63, 3.8) is 0 Å². The average molecular weight is 222 g/mol. The van der Waals surface area contributed by atoms with Crippen LogP contribution in [0.5, 0.6) is 0 Å². The van der Waals surface area contributed by atoms with E-state index in [4.69, 9.17) is 9.84 Å². The largest absolute Gasteiger partial charge is 0.481 e. The molecular formula is C12H14O4. The lowest BCUT2D eigenvalue weighted by Crippen LogP contribution is -2.19. The van der Waals surface area contributed by atoms with Crippen LogP contribution in [0.2, 0.25) is 0 Å². The summed E-state index contributed by atoms with van der Waals surface area (Å²) < 4.78 is 4.86. The van der Waals surface area contributed by atoms with Crippen LogP contribution in [0.15, 0.2) is 30.3 Å². The van der Waals surface area contributed by atoms with E-state index in [1.54, 1.807) is 31.2 Å². The van der Waals surface area contributed by atoms with Crippen LogP contribution in [-0.4, -0.2) is 23.7 Å². The number of aliphatic carboxylic acids is 1. The van der Waals surface area contributed by atoms with Gasteiger partial charge in [-0.1, -0.05) is 30.3 Å². The van der Waals surface area contributed by atoms with E-state index in [-0.39, 0.29) is 13.0 Å². The van der Waals surface area contributed by atoms with Crippen LogP contribution in [0, 0.1) is 0 Å². The molecule has 0 spiro atoms. The summed E-state index contributed by atoms with van der Waals surface area (Å²) in [6.07, 6.45) is -0.247. The summed E-state index contributed by atoms with van der Waals surface area (Å²) in [5.74, 6) is -2.23. The predicted octanol–water partition coefficient (Wildman–Crippen LogP) is 1.81. The van der Waals surface area contributed by atoms with Gasteiger partial charge in [-0.2, -0.15) is 0 Å². The fourth-order valence-corrected chi connectivity index (χ4v) is 1.44. The summed E-state index contributed by atoms with van der Waals surface area (Å²) in [4.78, 5) is 22.3. The van der Waals surface area contributed by atoms with Gasteiger partial charge in [-0.05, 0) is 12.5 Å². The Balaban J connectivity index is 2.87. The fraction of sp³-hybridized carbons (Fsp3) is 0.333. The number of esters is 1. The van der Waals surface area contributed by atoms with Crippen LogP contribution in [0.4, 0.5) is 0 Å². The second kappa shape index (κ2) is 5.90. The summed E-state index contributed by atoms with van der Waals surface area (Å²) in [5, 5.41) is 8.75. The topological polar surface area (TPSA) is 63.6 Å². The smallest absolute Gasteiger partial charge is 0.313 e. The average Bonchev–Trinajstić information content (AvgIpc) is 2.27. The van der Waals surface area contributed by atoms with Crippen LogP contribution in [0.3, 0.4) is 0 Å². The van der Waals surface area contributed by atoms with E-state index in [1.165, 1.54) is 0 Å². The highest BCUT2D eigenvalue weighted by molar-refractivity contribution is 5.83. The van der Waals surface area contributed by atoms with Gasteiger partial charge in [-0.15, -0.1) is 0 Å². The Bertz CT molecular complexity index is 359. The first kappa shape index (κ1) is 12.2. The van der Waals surface area contributed by atoms with E-state index in [2.05, 4.69) is 0 Å². The summed E-state index contributed by atoms with van der Waals surface area (Å²) >= 11 is 0. The van der Waals surface area contributed by atoms with Crippen molar-refractivity contribution < 1.29 is 19.4 Å². The van der Waals surface area contributed by atoms with Crippen molar-refractivity contribution >= 4 is 11.9 Å². The number of benzene rings is 1. The number of carboxylic acids is 1. The summed E-state index contributed by atoms with van der Waals surface area (Å²) in [6, 6.07) is 8.80. The molecule has 4 heteroatoms. The molecule has 0 amide bonds. The molecule has 0 bridgehead atoms. The zero-order chi connectivity index (χ0) is 12.0. The Labute approximate surface area is 93.9 Å². The van der Waals surface area contributed by atoms with Crippen molar-refractivity contribution in [2.24, 2.45) is 0 Å². The first-order valence-corrected chi connectivity index (χ1v) is 5.08. The minimum atomic E-state index is -1.01. The molecular weight excluding hydrogens is 208 g/mol. The summed E-state index contributed by atoms with van der Waals surface area (Å²) in [7, 11) is 0. The lowest BCUT2D eigenvalue weighted by Gasteiger charge is -2.13. The monoisotopic (exact) mass is 222 g/mol. The Kier molecular flexibility index (Phi) is 4.51. The van der Waals surface area contributed by atoms with E-state index in [1.807, 2.05) is 6.07 Å². The van der Waals surface area contributed by atoms with Crippen LogP contribution >= 0.6 is 0 Å². The van der Waals surface area contributed by atoms with Crippen molar-refractivity contribution in [1.82, 2.24) is 0 Å². The van der Waals surface area contributed by atoms with Crippen molar-refractivity contribution in [3.05, 3.63) is 35.9 Å². The molecule has 0 aromatic heterocycles. The lowest BCUT2D eigenvalue weighted by molar-refractivity contribution is -0.149. The molecule has 1 aromatic rings. The van der Waals surface area contributed by atoms with Gasteiger partial charge in [-0.25, -0.2) is 0 Å². The Morgan fingerprint density at radius 2 is 1.94 bits per heavy atom. The van der Waals surface area contributed by atoms with E-state index >= 15 is 0 Å². The number of carboxylic acid groups (broad SMARTS) is 1. The normalized spacial score (nSPS) is 11.8. The fourth-order valence-electron chi connectivity index (χ4n) is 1.44. The Morgan fingerprint density at radius 3 is 2.44 bits per heavy atom. The first-order chi connectivity index (χ1) is 7.65. The number of hydrogen-bond acceptors (Lipinski definition) is 3. The highest BCUT2D eigenvalue weighted by Gasteiger charge is 2.24. The third kappa shape index (κ3) is 3.38. The molecule has 4 nitrogen and oxygen atoms in total. The minimum Gasteiger partial charge on any atom is -0.481 e. The zero-order valence-corrected chi connectivity index (χ0v) is 9.05. The molecule has 0 aliphatic rings. The van der Waals surface area contributed by atoms with E-state index in [0.29, 0.717) is 5.56 Å². The maximum absolute atomic E-state index is 11.6. The molecule has 1 aromatic carbocycles. The maximum atomic E-state index is 11.6. The molecule has 1 rings (SSSR count). The molecule has 0 heterocycles. The molecule has 0 aliphatic carbocycles. The minimum absolute atomic E-state index is 0.247. The van der Waals surface area contributed by atoms with Crippen molar-refractivity contribution in [1.29, 1.82) is 0 Å². The van der Waals surface area contributed by atoms with Crippen molar-refractivity contribution in [2.45, 2.75) is 19.3 Å². The number of carbonyl (C=O) groups is 2. The molecule has 1 atom stereocenters. The lowest BCUT2D eigenvalue weighted by atomic mass is 9.96. The van der Waals surface area contributed by atoms with Gasteiger partial charge in [0.25, 0.3) is 0 Å². The van der Waals surface area contributed by atoms with Crippen molar-refractivity contribution in [2.75, 3.05) is 6.61 Å². The van der Waals surface area contributed by atoms with Crippen LogP contribution in [0.25, 0.3) is 0 Å². The molecule has 86 valence electrons. The molecule has 0 unspecified atom stereocenters. The molecule has 0 saturated carbocycles. The van der Waals surface area contributed by atoms with Gasteiger partial charge in [0, 0.05) is 0 Å². The van der Waals surface area contributed by atoms with E-state index in [0.717, 1.165) is 0 Å². The highest BCUT2D eigenvalue weighted by atomic mass is 16.5. The van der Waals surface area contributed by atoms with E-state index < -0.39 is 17.9 Å². The molecule has 1 N–H and O–H groups in total. The highest BCUT2D eigenvalue weighted by Crippen LogP contribution is 2.21. The van der Waals surface area contributed by atoms with Gasteiger partial charge < -0.3 is 9.84 Å². The van der Waals surface area contributed by atoms with Gasteiger partial charge in [-0.3, -0.25) is 9.59 Å². The van der Waals surface area contributed by atoms with Gasteiger partial charge in [0.2, 0.25) is 0 Å². The third-order valence-corrected chi connectivity index (χ3v) is 2.15. The number of ether oxygens (including phenoxy) is 1. The zero-order valence-electron chi connectivity index (χ0n) is 9.05. The molecule has 0 saturated heterocycles. The molecule has 0 fully saturated rings. The maximum Gasteiger partial charge on any atom is 0.313 e. The van der Waals surface area contributed by atoms with Crippen LogP contribution < -0.4 is 0 Å².